The quantitative estimate of drug-likeness (QED) is 0.782. The first kappa shape index (κ1) is 16.5. The molecule has 0 saturated heterocycles. The number of hydrogen-bond acceptors (Lipinski definition) is 5. The number of nitrogens with one attached hydrogen (secondary N) is 1. The first-order valence-corrected chi connectivity index (χ1v) is 8.89. The van der Waals surface area contributed by atoms with E-state index in [1.54, 1.807) is 12.4 Å². The van der Waals surface area contributed by atoms with Gasteiger partial charge in [0.2, 0.25) is 0 Å². The van der Waals surface area contributed by atoms with Crippen molar-refractivity contribution in [2.75, 3.05) is 7.11 Å². The molecule has 1 N–H and O–H groups in total. The van der Waals surface area contributed by atoms with Gasteiger partial charge in [0.15, 0.2) is 0 Å². The zero-order valence-corrected chi connectivity index (χ0v) is 14.7. The lowest BCUT2D eigenvalue weighted by molar-refractivity contribution is 0.231. The Kier molecular flexibility index (Phi) is 4.51. The molecule has 3 aromatic rings. The molecule has 1 aliphatic rings. The molecule has 0 unspecified atom stereocenters. The zero-order valence-electron chi connectivity index (χ0n) is 14.7. The van der Waals surface area contributed by atoms with Gasteiger partial charge in [0.05, 0.1) is 18.1 Å². The van der Waals surface area contributed by atoms with Crippen LogP contribution in [0.2, 0.25) is 0 Å². The fourth-order valence-electron chi connectivity index (χ4n) is 3.50. The van der Waals surface area contributed by atoms with E-state index in [2.05, 4.69) is 20.3 Å². The molecule has 2 heterocycles. The van der Waals surface area contributed by atoms with Crippen LogP contribution in [0.4, 0.5) is 4.79 Å². The van der Waals surface area contributed by atoms with Crippen LogP contribution in [0.3, 0.4) is 0 Å². The summed E-state index contributed by atoms with van der Waals surface area (Å²) in [7, 11) is 1.53. The minimum atomic E-state index is -0.197. The average Bonchev–Trinajstić information content (AvgIpc) is 3.07. The molecular weight excluding hydrogens is 330 g/mol. The molecule has 134 valence electrons. The second-order valence-electron chi connectivity index (χ2n) is 6.55. The standard InChI is InChI=1S/C19H21N5O2/c1-26-19-23-16-8-7-13(14-10-20-12-21-11-14)9-17(16)24(19)18(25)22-15-5-3-2-4-6-15/h7-12,15H,2-6H2,1H3,(H,22,25). The van der Waals surface area contributed by atoms with Gasteiger partial charge in [-0.15, -0.1) is 0 Å². The van der Waals surface area contributed by atoms with Crippen molar-refractivity contribution in [3.05, 3.63) is 36.9 Å². The van der Waals surface area contributed by atoms with Crippen molar-refractivity contribution in [2.24, 2.45) is 0 Å². The molecule has 1 saturated carbocycles. The number of ether oxygens (including phenoxy) is 1. The predicted molar refractivity (Wildman–Crippen MR) is 98.1 cm³/mol. The number of benzene rings is 1. The number of nitrogens with zero attached hydrogens (tertiary/aromatic N) is 4. The molecular formula is C19H21N5O2. The molecule has 4 rings (SSSR count). The number of carbonyl (C=O) groups excluding carboxylic acids is 1. The van der Waals surface area contributed by atoms with E-state index < -0.39 is 0 Å². The van der Waals surface area contributed by atoms with E-state index >= 15 is 0 Å². The minimum absolute atomic E-state index is 0.197. The van der Waals surface area contributed by atoms with Crippen LogP contribution in [0.1, 0.15) is 32.1 Å². The molecule has 0 aliphatic heterocycles. The van der Waals surface area contributed by atoms with Crippen molar-refractivity contribution in [1.82, 2.24) is 24.8 Å². The largest absolute Gasteiger partial charge is 0.468 e. The van der Waals surface area contributed by atoms with Gasteiger partial charge in [-0.3, -0.25) is 0 Å². The second kappa shape index (κ2) is 7.11. The van der Waals surface area contributed by atoms with E-state index in [0.29, 0.717) is 11.0 Å². The summed E-state index contributed by atoms with van der Waals surface area (Å²) >= 11 is 0. The first-order valence-electron chi connectivity index (χ1n) is 8.89. The molecule has 0 radical (unpaired) electrons. The Bertz CT molecular complexity index is 916. The van der Waals surface area contributed by atoms with Gasteiger partial charge >= 0.3 is 12.0 Å². The smallest absolute Gasteiger partial charge is 0.330 e. The van der Waals surface area contributed by atoms with Crippen molar-refractivity contribution >= 4 is 17.1 Å². The fraction of sp³-hybridized carbons (Fsp3) is 0.368. The molecule has 2 aromatic heterocycles. The summed E-state index contributed by atoms with van der Waals surface area (Å²) < 4.78 is 6.86. The Morgan fingerprint density at radius 3 is 2.65 bits per heavy atom. The average molecular weight is 351 g/mol. The molecule has 1 amide bonds. The molecule has 0 bridgehead atoms. The van der Waals surface area contributed by atoms with Crippen LogP contribution in [0.15, 0.2) is 36.9 Å². The second-order valence-corrected chi connectivity index (χ2v) is 6.55. The van der Waals surface area contributed by atoms with Crippen LogP contribution in [0.5, 0.6) is 6.01 Å². The highest BCUT2D eigenvalue weighted by atomic mass is 16.5. The lowest BCUT2D eigenvalue weighted by Gasteiger charge is -2.23. The van der Waals surface area contributed by atoms with Gasteiger partial charge in [-0.1, -0.05) is 25.3 Å². The Hall–Kier alpha value is -2.96. The number of carbonyl (C=O) groups is 1. The van der Waals surface area contributed by atoms with Gasteiger partial charge in [0.25, 0.3) is 0 Å². The molecule has 1 aromatic carbocycles. The molecule has 7 nitrogen and oxygen atoms in total. The highest BCUT2D eigenvalue weighted by molar-refractivity contribution is 5.93. The van der Waals surface area contributed by atoms with E-state index in [-0.39, 0.29) is 18.1 Å². The molecule has 0 atom stereocenters. The van der Waals surface area contributed by atoms with E-state index in [4.69, 9.17) is 4.74 Å². The maximum Gasteiger partial charge on any atom is 0.330 e. The van der Waals surface area contributed by atoms with Crippen LogP contribution in [-0.2, 0) is 0 Å². The van der Waals surface area contributed by atoms with Crippen molar-refractivity contribution in [3.8, 4) is 17.1 Å². The lowest BCUT2D eigenvalue weighted by atomic mass is 9.96. The molecule has 1 aliphatic carbocycles. The fourth-order valence-corrected chi connectivity index (χ4v) is 3.50. The summed E-state index contributed by atoms with van der Waals surface area (Å²) in [4.78, 5) is 25.5. The maximum absolute atomic E-state index is 12.9. The van der Waals surface area contributed by atoms with E-state index in [9.17, 15) is 4.79 Å². The van der Waals surface area contributed by atoms with Gasteiger partial charge in [-0.05, 0) is 30.5 Å². The highest BCUT2D eigenvalue weighted by Gasteiger charge is 2.22. The molecule has 1 fully saturated rings. The molecule has 26 heavy (non-hydrogen) atoms. The summed E-state index contributed by atoms with van der Waals surface area (Å²) in [5, 5.41) is 3.13. The van der Waals surface area contributed by atoms with Crippen LogP contribution in [0, 0.1) is 0 Å². The van der Waals surface area contributed by atoms with Gasteiger partial charge < -0.3 is 10.1 Å². The Morgan fingerprint density at radius 1 is 1.15 bits per heavy atom. The SMILES string of the molecule is COc1nc2ccc(-c3cncnc3)cc2n1C(=O)NC1CCCCC1. The number of hydrogen-bond donors (Lipinski definition) is 1. The number of amides is 1. The number of rotatable bonds is 3. The number of fused-ring (bicyclic) bond motifs is 1. The Balaban J connectivity index is 1.72. The first-order chi connectivity index (χ1) is 12.8. The van der Waals surface area contributed by atoms with Crippen molar-refractivity contribution in [2.45, 2.75) is 38.1 Å². The van der Waals surface area contributed by atoms with Crippen molar-refractivity contribution in [3.63, 3.8) is 0 Å². The lowest BCUT2D eigenvalue weighted by Crippen LogP contribution is -2.38. The minimum Gasteiger partial charge on any atom is -0.468 e. The summed E-state index contributed by atoms with van der Waals surface area (Å²) in [6, 6.07) is 6.04. The molecule has 7 heteroatoms. The highest BCUT2D eigenvalue weighted by Crippen LogP contribution is 2.27. The van der Waals surface area contributed by atoms with Crippen LogP contribution in [-0.4, -0.2) is 38.7 Å². The van der Waals surface area contributed by atoms with Crippen LogP contribution >= 0.6 is 0 Å². The Labute approximate surface area is 151 Å². The van der Waals surface area contributed by atoms with Gasteiger partial charge in [0, 0.05) is 24.0 Å². The zero-order chi connectivity index (χ0) is 17.9. The number of imidazole rings is 1. The van der Waals surface area contributed by atoms with Crippen LogP contribution < -0.4 is 10.1 Å². The summed E-state index contributed by atoms with van der Waals surface area (Å²) in [6.07, 6.45) is 10.6. The maximum atomic E-state index is 12.9. The van der Waals surface area contributed by atoms with Gasteiger partial charge in [0.1, 0.15) is 6.33 Å². The normalized spacial score (nSPS) is 15.1. The molecule has 0 spiro atoms. The van der Waals surface area contributed by atoms with E-state index in [0.717, 1.165) is 36.8 Å². The van der Waals surface area contributed by atoms with E-state index in [1.165, 1.54) is 24.4 Å². The van der Waals surface area contributed by atoms with Gasteiger partial charge in [-0.25, -0.2) is 19.3 Å². The summed E-state index contributed by atoms with van der Waals surface area (Å²) in [5.41, 5.74) is 3.22. The summed E-state index contributed by atoms with van der Waals surface area (Å²) in [5.74, 6) is 0. The monoisotopic (exact) mass is 351 g/mol. The van der Waals surface area contributed by atoms with Crippen molar-refractivity contribution in [1.29, 1.82) is 0 Å². The van der Waals surface area contributed by atoms with Gasteiger partial charge in [-0.2, -0.15) is 4.98 Å². The third-order valence-electron chi connectivity index (χ3n) is 4.84. The summed E-state index contributed by atoms with van der Waals surface area (Å²) in [6.45, 7) is 0. The topological polar surface area (TPSA) is 81.9 Å². The van der Waals surface area contributed by atoms with Crippen LogP contribution in [0.25, 0.3) is 22.2 Å². The third kappa shape index (κ3) is 3.12. The number of methoxy groups -OCH3 is 1. The number of aromatic nitrogens is 4. The Morgan fingerprint density at radius 2 is 1.92 bits per heavy atom. The predicted octanol–water partition coefficient (Wildman–Crippen LogP) is 3.39. The third-order valence-corrected chi connectivity index (χ3v) is 4.84. The van der Waals surface area contributed by atoms with Crippen molar-refractivity contribution < 1.29 is 9.53 Å². The van der Waals surface area contributed by atoms with E-state index in [1.807, 2.05) is 18.2 Å².